The Morgan fingerprint density at radius 1 is 0.927 bits per heavy atom. The molecule has 0 radical (unpaired) electrons. The average Bonchev–Trinajstić information content (AvgIpc) is 3.55. The molecule has 3 aromatic rings. The van der Waals surface area contributed by atoms with Gasteiger partial charge in [0.2, 0.25) is 5.91 Å². The van der Waals surface area contributed by atoms with E-state index in [1.54, 1.807) is 0 Å². The van der Waals surface area contributed by atoms with Crippen molar-refractivity contribution in [2.75, 3.05) is 24.5 Å². The third-order valence-electron chi connectivity index (χ3n) is 9.30. The Labute approximate surface area is 244 Å². The van der Waals surface area contributed by atoms with Crippen molar-refractivity contribution in [3.05, 3.63) is 101 Å². The number of hydrogen-bond donors (Lipinski definition) is 1. The molecular weight excluding hydrogens is 506 g/mol. The molecular formula is C36H41N3O2. The largest absolute Gasteiger partial charge is 0.371 e. The summed E-state index contributed by atoms with van der Waals surface area (Å²) in [6.07, 6.45) is 7.89. The summed E-state index contributed by atoms with van der Waals surface area (Å²) in [6, 6.07) is 25.3. The molecule has 2 heterocycles. The number of benzene rings is 3. The quantitative estimate of drug-likeness (QED) is 0.320. The first-order valence-corrected chi connectivity index (χ1v) is 15.4. The summed E-state index contributed by atoms with van der Waals surface area (Å²) >= 11 is 0. The lowest BCUT2D eigenvalue weighted by atomic mass is 9.70. The molecule has 2 amide bonds. The number of fused-ring (bicyclic) bond motifs is 2. The zero-order valence-electron chi connectivity index (χ0n) is 24.4. The first-order chi connectivity index (χ1) is 20.1. The molecule has 5 nitrogen and oxygen atoms in total. The SMILES string of the molecule is CCCCC1(C(=O)NCCC)C(c2ccccc2)=Cc2c(N3CCC(N4Cc5ccccc5C4=O)CC3)cccc21. The maximum absolute atomic E-state index is 14.2. The van der Waals surface area contributed by atoms with E-state index in [0.29, 0.717) is 6.54 Å². The molecule has 1 atom stereocenters. The Morgan fingerprint density at radius 2 is 1.68 bits per heavy atom. The van der Waals surface area contributed by atoms with Crippen molar-refractivity contribution in [2.45, 2.75) is 70.4 Å². The fourth-order valence-corrected chi connectivity index (χ4v) is 7.16. The number of nitrogens with one attached hydrogen (secondary N) is 1. The Bertz CT molecular complexity index is 1450. The Kier molecular flexibility index (Phi) is 7.70. The molecule has 41 heavy (non-hydrogen) atoms. The topological polar surface area (TPSA) is 52.7 Å². The van der Waals surface area contributed by atoms with Gasteiger partial charge in [0.15, 0.2) is 0 Å². The predicted octanol–water partition coefficient (Wildman–Crippen LogP) is 6.82. The number of unbranched alkanes of at least 4 members (excludes halogenated alkanes) is 1. The van der Waals surface area contributed by atoms with Gasteiger partial charge in [0.25, 0.3) is 5.91 Å². The predicted molar refractivity (Wildman–Crippen MR) is 167 cm³/mol. The second-order valence-corrected chi connectivity index (χ2v) is 11.7. The monoisotopic (exact) mass is 547 g/mol. The van der Waals surface area contributed by atoms with Crippen LogP contribution in [0.3, 0.4) is 0 Å². The molecule has 0 bridgehead atoms. The van der Waals surface area contributed by atoms with Crippen LogP contribution in [0.4, 0.5) is 5.69 Å². The van der Waals surface area contributed by atoms with E-state index in [2.05, 4.69) is 83.6 Å². The number of nitrogens with zero attached hydrogens (tertiary/aromatic N) is 2. The molecule has 0 spiro atoms. The van der Waals surface area contributed by atoms with Crippen molar-refractivity contribution in [3.63, 3.8) is 0 Å². The molecule has 1 fully saturated rings. The smallest absolute Gasteiger partial charge is 0.254 e. The van der Waals surface area contributed by atoms with Gasteiger partial charge in [-0.3, -0.25) is 9.59 Å². The number of carbonyl (C=O) groups excluding carboxylic acids is 2. The summed E-state index contributed by atoms with van der Waals surface area (Å²) in [7, 11) is 0. The Morgan fingerprint density at radius 3 is 2.41 bits per heavy atom. The standard InChI is InChI=1S/C36H41N3O2/c1-3-5-20-36(35(41)37-21-4-2)31-16-11-17-33(30(31)24-32(36)26-12-7-6-8-13-26)38-22-18-28(19-23-38)39-25-27-14-9-10-15-29(27)34(39)40/h6-17,24,28H,3-5,18-23,25H2,1-2H3,(H,37,41). The molecule has 212 valence electrons. The van der Waals surface area contributed by atoms with Gasteiger partial charge in [0.05, 0.1) is 0 Å². The Hall–Kier alpha value is -3.86. The van der Waals surface area contributed by atoms with Crippen LogP contribution in [0.2, 0.25) is 0 Å². The van der Waals surface area contributed by atoms with Crippen molar-refractivity contribution in [1.29, 1.82) is 0 Å². The number of rotatable bonds is 9. The van der Waals surface area contributed by atoms with Crippen molar-refractivity contribution in [1.82, 2.24) is 10.2 Å². The number of carbonyl (C=O) groups is 2. The molecule has 2 aliphatic heterocycles. The minimum absolute atomic E-state index is 0.115. The molecule has 3 aliphatic rings. The summed E-state index contributed by atoms with van der Waals surface area (Å²) < 4.78 is 0. The number of anilines is 1. The van der Waals surface area contributed by atoms with Gasteiger partial charge in [-0.2, -0.15) is 0 Å². The zero-order chi connectivity index (χ0) is 28.4. The summed E-state index contributed by atoms with van der Waals surface area (Å²) in [4.78, 5) is 31.9. The van der Waals surface area contributed by atoms with Gasteiger partial charge in [0.1, 0.15) is 5.41 Å². The minimum atomic E-state index is -0.704. The highest BCUT2D eigenvalue weighted by Crippen LogP contribution is 2.52. The van der Waals surface area contributed by atoms with E-state index < -0.39 is 5.41 Å². The third kappa shape index (κ3) is 4.75. The Balaban J connectivity index is 1.32. The summed E-state index contributed by atoms with van der Waals surface area (Å²) in [5, 5.41) is 3.28. The molecule has 5 heteroatoms. The van der Waals surface area contributed by atoms with E-state index in [4.69, 9.17) is 0 Å². The molecule has 0 aromatic heterocycles. The van der Waals surface area contributed by atoms with Gasteiger partial charge < -0.3 is 15.1 Å². The molecule has 3 aromatic carbocycles. The number of amides is 2. The first-order valence-electron chi connectivity index (χ1n) is 15.4. The second-order valence-electron chi connectivity index (χ2n) is 11.7. The lowest BCUT2D eigenvalue weighted by Gasteiger charge is -2.39. The average molecular weight is 548 g/mol. The fraction of sp³-hybridized carbons (Fsp3) is 0.389. The summed E-state index contributed by atoms with van der Waals surface area (Å²) in [5.41, 5.74) is 7.03. The van der Waals surface area contributed by atoms with Gasteiger partial charge in [-0.1, -0.05) is 87.4 Å². The lowest BCUT2D eigenvalue weighted by molar-refractivity contribution is -0.125. The van der Waals surface area contributed by atoms with E-state index in [1.807, 2.05) is 24.3 Å². The molecule has 0 saturated carbocycles. The van der Waals surface area contributed by atoms with E-state index in [0.717, 1.165) is 86.0 Å². The minimum Gasteiger partial charge on any atom is -0.371 e. The van der Waals surface area contributed by atoms with Gasteiger partial charge in [-0.05, 0) is 66.2 Å². The summed E-state index contributed by atoms with van der Waals surface area (Å²) in [5.74, 6) is 0.290. The van der Waals surface area contributed by atoms with Gasteiger partial charge in [-0.25, -0.2) is 0 Å². The van der Waals surface area contributed by atoms with Crippen LogP contribution in [0, 0.1) is 0 Å². The normalized spacial score (nSPS) is 20.1. The van der Waals surface area contributed by atoms with Crippen LogP contribution in [-0.4, -0.2) is 42.4 Å². The lowest BCUT2D eigenvalue weighted by Crippen LogP contribution is -2.46. The number of piperidine rings is 1. The van der Waals surface area contributed by atoms with Crippen LogP contribution in [0.5, 0.6) is 0 Å². The maximum Gasteiger partial charge on any atom is 0.254 e. The highest BCUT2D eigenvalue weighted by Gasteiger charge is 2.48. The highest BCUT2D eigenvalue weighted by atomic mass is 16.2. The van der Waals surface area contributed by atoms with Crippen LogP contribution >= 0.6 is 0 Å². The van der Waals surface area contributed by atoms with Crippen molar-refractivity contribution in [2.24, 2.45) is 0 Å². The molecule has 6 rings (SSSR count). The third-order valence-corrected chi connectivity index (χ3v) is 9.30. The van der Waals surface area contributed by atoms with Crippen LogP contribution < -0.4 is 10.2 Å². The van der Waals surface area contributed by atoms with Crippen molar-refractivity contribution in [3.8, 4) is 0 Å². The zero-order valence-corrected chi connectivity index (χ0v) is 24.4. The first kappa shape index (κ1) is 27.3. The fourth-order valence-electron chi connectivity index (χ4n) is 7.16. The highest BCUT2D eigenvalue weighted by molar-refractivity contribution is 6.12. The van der Waals surface area contributed by atoms with Crippen LogP contribution in [0.25, 0.3) is 11.6 Å². The maximum atomic E-state index is 14.2. The van der Waals surface area contributed by atoms with E-state index in [1.165, 1.54) is 11.3 Å². The van der Waals surface area contributed by atoms with Gasteiger partial charge in [-0.15, -0.1) is 0 Å². The summed E-state index contributed by atoms with van der Waals surface area (Å²) in [6.45, 7) is 7.47. The van der Waals surface area contributed by atoms with Crippen molar-refractivity contribution >= 4 is 29.2 Å². The van der Waals surface area contributed by atoms with Crippen LogP contribution in [-0.2, 0) is 16.8 Å². The van der Waals surface area contributed by atoms with Crippen LogP contribution in [0.1, 0.15) is 85.0 Å². The van der Waals surface area contributed by atoms with Gasteiger partial charge >= 0.3 is 0 Å². The molecule has 1 unspecified atom stereocenters. The molecule has 1 aliphatic carbocycles. The number of hydrogen-bond acceptors (Lipinski definition) is 3. The van der Waals surface area contributed by atoms with E-state index >= 15 is 0 Å². The molecule has 1 saturated heterocycles. The van der Waals surface area contributed by atoms with Gasteiger partial charge in [0, 0.05) is 49.0 Å². The second kappa shape index (κ2) is 11.6. The van der Waals surface area contributed by atoms with E-state index in [-0.39, 0.29) is 17.9 Å². The van der Waals surface area contributed by atoms with Crippen molar-refractivity contribution < 1.29 is 9.59 Å². The van der Waals surface area contributed by atoms with Crippen LogP contribution in [0.15, 0.2) is 72.8 Å². The van der Waals surface area contributed by atoms with E-state index in [9.17, 15) is 9.59 Å². The molecule has 1 N–H and O–H groups in total.